The van der Waals surface area contributed by atoms with Gasteiger partial charge in [0, 0.05) is 12.1 Å². The summed E-state index contributed by atoms with van der Waals surface area (Å²) in [6, 6.07) is 8.43. The maximum atomic E-state index is 4.74. The fraction of sp³-hybridized carbons (Fsp3) is 0.400. The van der Waals surface area contributed by atoms with E-state index in [1.807, 2.05) is 7.05 Å². The molecular formula is C15H21N3. The first-order valence-corrected chi connectivity index (χ1v) is 6.42. The van der Waals surface area contributed by atoms with Gasteiger partial charge >= 0.3 is 0 Å². The molecule has 2 rings (SSSR count). The molecule has 0 radical (unpaired) electrons. The first-order chi connectivity index (χ1) is 8.61. The van der Waals surface area contributed by atoms with Crippen LogP contribution in [0.3, 0.4) is 0 Å². The van der Waals surface area contributed by atoms with Gasteiger partial charge in [-0.1, -0.05) is 37.6 Å². The summed E-state index contributed by atoms with van der Waals surface area (Å²) in [6.45, 7) is 7.28. The maximum Gasteiger partial charge on any atom is 0.137 e. The Morgan fingerprint density at radius 1 is 1.33 bits per heavy atom. The highest BCUT2D eigenvalue weighted by atomic mass is 15.0. The predicted molar refractivity (Wildman–Crippen MR) is 75.6 cm³/mol. The summed E-state index contributed by atoms with van der Waals surface area (Å²) >= 11 is 0. The molecule has 0 fully saturated rings. The molecule has 0 spiro atoms. The Morgan fingerprint density at radius 2 is 2.11 bits per heavy atom. The van der Waals surface area contributed by atoms with Crippen LogP contribution in [0, 0.1) is 6.92 Å². The summed E-state index contributed by atoms with van der Waals surface area (Å²) in [4.78, 5) is 8.18. The summed E-state index contributed by atoms with van der Waals surface area (Å²) in [6.07, 6.45) is 0. The van der Waals surface area contributed by atoms with Gasteiger partial charge in [0.2, 0.25) is 0 Å². The second-order valence-electron chi connectivity index (χ2n) is 5.00. The van der Waals surface area contributed by atoms with Gasteiger partial charge in [0.1, 0.15) is 5.82 Å². The average molecular weight is 243 g/mol. The SMILES string of the molecule is CNCc1[nH]c(-c2cccc(C)c2)nc1C(C)C. The molecule has 1 heterocycles. The van der Waals surface area contributed by atoms with E-state index in [2.05, 4.69) is 55.3 Å². The molecule has 18 heavy (non-hydrogen) atoms. The average Bonchev–Trinajstić information content (AvgIpc) is 2.74. The number of rotatable bonds is 4. The van der Waals surface area contributed by atoms with Crippen LogP contribution in [0.5, 0.6) is 0 Å². The molecule has 0 saturated heterocycles. The van der Waals surface area contributed by atoms with E-state index in [1.165, 1.54) is 11.3 Å². The Labute approximate surface area is 109 Å². The lowest BCUT2D eigenvalue weighted by Crippen LogP contribution is -2.08. The van der Waals surface area contributed by atoms with Gasteiger partial charge in [0.25, 0.3) is 0 Å². The second-order valence-corrected chi connectivity index (χ2v) is 5.00. The third kappa shape index (κ3) is 2.62. The predicted octanol–water partition coefficient (Wildman–Crippen LogP) is 3.23. The number of nitrogens with zero attached hydrogens (tertiary/aromatic N) is 1. The zero-order valence-electron chi connectivity index (χ0n) is 11.5. The van der Waals surface area contributed by atoms with E-state index >= 15 is 0 Å². The largest absolute Gasteiger partial charge is 0.341 e. The number of hydrogen-bond acceptors (Lipinski definition) is 2. The molecule has 0 aliphatic rings. The number of hydrogen-bond donors (Lipinski definition) is 2. The van der Waals surface area contributed by atoms with E-state index < -0.39 is 0 Å². The molecule has 0 aliphatic heterocycles. The molecule has 3 heteroatoms. The zero-order chi connectivity index (χ0) is 13.1. The molecule has 1 aromatic carbocycles. The maximum absolute atomic E-state index is 4.74. The van der Waals surface area contributed by atoms with Crippen LogP contribution in [0.1, 0.15) is 36.7 Å². The Kier molecular flexibility index (Phi) is 3.82. The van der Waals surface area contributed by atoms with Crippen molar-refractivity contribution in [3.63, 3.8) is 0 Å². The Hall–Kier alpha value is -1.61. The molecule has 96 valence electrons. The van der Waals surface area contributed by atoms with Crippen molar-refractivity contribution < 1.29 is 0 Å². The van der Waals surface area contributed by atoms with Gasteiger partial charge < -0.3 is 10.3 Å². The van der Waals surface area contributed by atoms with E-state index in [9.17, 15) is 0 Å². The van der Waals surface area contributed by atoms with Crippen LogP contribution in [0.4, 0.5) is 0 Å². The smallest absolute Gasteiger partial charge is 0.137 e. The highest BCUT2D eigenvalue weighted by Gasteiger charge is 2.13. The fourth-order valence-corrected chi connectivity index (χ4v) is 2.14. The van der Waals surface area contributed by atoms with Crippen LogP contribution in [0.15, 0.2) is 24.3 Å². The molecule has 0 aliphatic carbocycles. The van der Waals surface area contributed by atoms with E-state index in [4.69, 9.17) is 4.98 Å². The topological polar surface area (TPSA) is 40.7 Å². The van der Waals surface area contributed by atoms with Crippen LogP contribution in [0.2, 0.25) is 0 Å². The first kappa shape index (κ1) is 12.8. The Balaban J connectivity index is 2.43. The standard InChI is InChI=1S/C15H21N3/c1-10(2)14-13(9-16-4)17-15(18-14)12-7-5-6-11(3)8-12/h5-8,10,16H,9H2,1-4H3,(H,17,18). The molecule has 0 amide bonds. The second kappa shape index (κ2) is 5.36. The number of nitrogens with one attached hydrogen (secondary N) is 2. The minimum Gasteiger partial charge on any atom is -0.341 e. The Bertz CT molecular complexity index is 526. The Morgan fingerprint density at radius 3 is 2.72 bits per heavy atom. The summed E-state index contributed by atoms with van der Waals surface area (Å²) < 4.78 is 0. The fourth-order valence-electron chi connectivity index (χ4n) is 2.14. The van der Waals surface area contributed by atoms with E-state index in [1.54, 1.807) is 0 Å². The normalized spacial score (nSPS) is 11.2. The van der Waals surface area contributed by atoms with Crippen molar-refractivity contribution in [2.24, 2.45) is 0 Å². The van der Waals surface area contributed by atoms with Crippen molar-refractivity contribution in [3.05, 3.63) is 41.2 Å². The van der Waals surface area contributed by atoms with E-state index in [0.717, 1.165) is 23.6 Å². The van der Waals surface area contributed by atoms with Gasteiger partial charge in [-0.2, -0.15) is 0 Å². The molecule has 0 saturated carbocycles. The van der Waals surface area contributed by atoms with Crippen molar-refractivity contribution in [2.45, 2.75) is 33.2 Å². The number of benzene rings is 1. The van der Waals surface area contributed by atoms with Crippen molar-refractivity contribution in [1.82, 2.24) is 15.3 Å². The summed E-state index contributed by atoms with van der Waals surface area (Å²) in [5.74, 6) is 1.40. The first-order valence-electron chi connectivity index (χ1n) is 6.42. The van der Waals surface area contributed by atoms with Crippen LogP contribution >= 0.6 is 0 Å². The number of aryl methyl sites for hydroxylation is 1. The monoisotopic (exact) mass is 243 g/mol. The highest BCUT2D eigenvalue weighted by Crippen LogP contribution is 2.23. The van der Waals surface area contributed by atoms with Crippen LogP contribution in [-0.2, 0) is 6.54 Å². The zero-order valence-corrected chi connectivity index (χ0v) is 11.5. The summed E-state index contributed by atoms with van der Waals surface area (Å²) in [7, 11) is 1.96. The molecule has 3 nitrogen and oxygen atoms in total. The molecule has 1 aromatic heterocycles. The highest BCUT2D eigenvalue weighted by molar-refractivity contribution is 5.57. The molecule has 0 bridgehead atoms. The van der Waals surface area contributed by atoms with E-state index in [0.29, 0.717) is 5.92 Å². The van der Waals surface area contributed by atoms with Crippen molar-refractivity contribution in [1.29, 1.82) is 0 Å². The molecular weight excluding hydrogens is 222 g/mol. The van der Waals surface area contributed by atoms with Crippen molar-refractivity contribution in [2.75, 3.05) is 7.05 Å². The van der Waals surface area contributed by atoms with Crippen molar-refractivity contribution >= 4 is 0 Å². The van der Waals surface area contributed by atoms with Crippen LogP contribution < -0.4 is 5.32 Å². The summed E-state index contributed by atoms with van der Waals surface area (Å²) in [5, 5.41) is 3.18. The van der Waals surface area contributed by atoms with Crippen LogP contribution in [0.25, 0.3) is 11.4 Å². The van der Waals surface area contributed by atoms with Gasteiger partial charge in [-0.25, -0.2) is 4.98 Å². The van der Waals surface area contributed by atoms with Crippen LogP contribution in [-0.4, -0.2) is 17.0 Å². The van der Waals surface area contributed by atoms with E-state index in [-0.39, 0.29) is 0 Å². The van der Waals surface area contributed by atoms with Gasteiger partial charge in [-0.15, -0.1) is 0 Å². The molecule has 0 atom stereocenters. The molecule has 2 N–H and O–H groups in total. The number of aromatic nitrogens is 2. The van der Waals surface area contributed by atoms with Crippen molar-refractivity contribution in [3.8, 4) is 11.4 Å². The molecule has 0 unspecified atom stereocenters. The minimum atomic E-state index is 0.433. The summed E-state index contributed by atoms with van der Waals surface area (Å²) in [5.41, 5.74) is 4.74. The lowest BCUT2D eigenvalue weighted by atomic mass is 10.1. The van der Waals surface area contributed by atoms with Gasteiger partial charge in [-0.3, -0.25) is 0 Å². The minimum absolute atomic E-state index is 0.433. The quantitative estimate of drug-likeness (QED) is 0.865. The number of aromatic amines is 1. The van der Waals surface area contributed by atoms with Gasteiger partial charge in [-0.05, 0) is 26.0 Å². The number of imidazole rings is 1. The van der Waals surface area contributed by atoms with Gasteiger partial charge in [0.05, 0.1) is 11.4 Å². The number of H-pyrrole nitrogens is 1. The lowest BCUT2D eigenvalue weighted by Gasteiger charge is -2.03. The molecule has 2 aromatic rings. The lowest BCUT2D eigenvalue weighted by molar-refractivity contribution is 0.750. The third-order valence-corrected chi connectivity index (χ3v) is 3.00. The van der Waals surface area contributed by atoms with Gasteiger partial charge in [0.15, 0.2) is 0 Å². The third-order valence-electron chi connectivity index (χ3n) is 3.00.